The van der Waals surface area contributed by atoms with Crippen LogP contribution in [-0.4, -0.2) is 11.5 Å². The van der Waals surface area contributed by atoms with Crippen LogP contribution in [0.1, 0.15) is 17.7 Å². The minimum atomic E-state index is 0.383. The van der Waals surface area contributed by atoms with Crippen LogP contribution in [0.25, 0.3) is 10.6 Å². The minimum Gasteiger partial charge on any atom is -0.330 e. The second-order valence-corrected chi connectivity index (χ2v) is 5.60. The van der Waals surface area contributed by atoms with Gasteiger partial charge in [-0.15, -0.1) is 11.3 Å². The first-order valence-electron chi connectivity index (χ1n) is 5.13. The summed E-state index contributed by atoms with van der Waals surface area (Å²) in [6, 6.07) is 8.13. The number of nitrogens with two attached hydrogens (primary N) is 1. The van der Waals surface area contributed by atoms with Crippen molar-refractivity contribution >= 4 is 27.3 Å². The highest BCUT2D eigenvalue weighted by molar-refractivity contribution is 9.10. The largest absolute Gasteiger partial charge is 0.330 e. The summed E-state index contributed by atoms with van der Waals surface area (Å²) >= 11 is 5.25. The maximum atomic E-state index is 5.65. The van der Waals surface area contributed by atoms with Crippen LogP contribution < -0.4 is 5.73 Å². The number of nitrogens with zero attached hydrogens (tertiary/aromatic N) is 1. The van der Waals surface area contributed by atoms with Gasteiger partial charge in [0.2, 0.25) is 0 Å². The molecular weight excluding hydrogens is 284 g/mol. The summed E-state index contributed by atoms with van der Waals surface area (Å²) in [5, 5.41) is 1.04. The summed E-state index contributed by atoms with van der Waals surface area (Å²) in [6.45, 7) is 2.79. The van der Waals surface area contributed by atoms with E-state index in [1.807, 2.05) is 24.4 Å². The van der Waals surface area contributed by atoms with Crippen molar-refractivity contribution in [2.45, 2.75) is 12.8 Å². The Morgan fingerprint density at radius 1 is 1.44 bits per heavy atom. The van der Waals surface area contributed by atoms with Crippen LogP contribution in [0.15, 0.2) is 34.9 Å². The van der Waals surface area contributed by atoms with Gasteiger partial charge in [0.15, 0.2) is 0 Å². The van der Waals surface area contributed by atoms with Gasteiger partial charge in [0.1, 0.15) is 5.01 Å². The molecule has 2 aromatic rings. The molecule has 4 heteroatoms. The lowest BCUT2D eigenvalue weighted by Crippen LogP contribution is -2.07. The van der Waals surface area contributed by atoms with Crippen molar-refractivity contribution < 1.29 is 0 Å². The van der Waals surface area contributed by atoms with Gasteiger partial charge in [-0.3, -0.25) is 0 Å². The quantitative estimate of drug-likeness (QED) is 0.939. The molecule has 0 amide bonds. The smallest absolute Gasteiger partial charge is 0.124 e. The van der Waals surface area contributed by atoms with Crippen molar-refractivity contribution in [3.63, 3.8) is 0 Å². The van der Waals surface area contributed by atoms with Crippen LogP contribution in [0.5, 0.6) is 0 Å². The van der Waals surface area contributed by atoms with E-state index in [4.69, 9.17) is 5.73 Å². The summed E-state index contributed by atoms with van der Waals surface area (Å²) in [7, 11) is 0. The zero-order chi connectivity index (χ0) is 11.5. The molecule has 0 aliphatic rings. The zero-order valence-electron chi connectivity index (χ0n) is 8.98. The maximum Gasteiger partial charge on any atom is 0.124 e. The molecule has 1 heterocycles. The van der Waals surface area contributed by atoms with Crippen LogP contribution in [0.3, 0.4) is 0 Å². The lowest BCUT2D eigenvalue weighted by Gasteiger charge is -2.02. The van der Waals surface area contributed by atoms with Crippen molar-refractivity contribution in [3.05, 3.63) is 39.8 Å². The molecule has 0 saturated carbocycles. The van der Waals surface area contributed by atoms with Gasteiger partial charge in [0, 0.05) is 27.0 Å². The van der Waals surface area contributed by atoms with Gasteiger partial charge in [0.05, 0.1) is 0 Å². The molecule has 1 unspecified atom stereocenters. The molecule has 2 nitrogen and oxygen atoms in total. The Hall–Kier alpha value is -0.710. The predicted molar refractivity (Wildman–Crippen MR) is 72.7 cm³/mol. The molecule has 16 heavy (non-hydrogen) atoms. The summed E-state index contributed by atoms with van der Waals surface area (Å²) < 4.78 is 1.08. The van der Waals surface area contributed by atoms with Crippen LogP contribution in [0.4, 0.5) is 0 Å². The molecule has 0 aliphatic heterocycles. The molecule has 0 bridgehead atoms. The monoisotopic (exact) mass is 296 g/mol. The lowest BCUT2D eigenvalue weighted by molar-refractivity contribution is 0.787. The van der Waals surface area contributed by atoms with Crippen LogP contribution in [-0.2, 0) is 0 Å². The minimum absolute atomic E-state index is 0.383. The van der Waals surface area contributed by atoms with Crippen LogP contribution in [0.2, 0.25) is 0 Å². The number of benzene rings is 1. The average Bonchev–Trinajstić information content (AvgIpc) is 2.78. The average molecular weight is 297 g/mol. The van der Waals surface area contributed by atoms with Gasteiger partial charge in [-0.25, -0.2) is 4.98 Å². The Morgan fingerprint density at radius 2 is 2.19 bits per heavy atom. The van der Waals surface area contributed by atoms with E-state index < -0.39 is 0 Å². The lowest BCUT2D eigenvalue weighted by atomic mass is 10.2. The number of rotatable bonds is 3. The third kappa shape index (κ3) is 2.34. The third-order valence-electron chi connectivity index (χ3n) is 2.47. The first-order valence-corrected chi connectivity index (χ1v) is 6.74. The first-order chi connectivity index (χ1) is 7.72. The number of aromatic nitrogens is 1. The SMILES string of the molecule is CC(CN)c1cnc(-c2ccccc2Br)s1. The van der Waals surface area contributed by atoms with Gasteiger partial charge < -0.3 is 5.73 Å². The maximum absolute atomic E-state index is 5.65. The van der Waals surface area contributed by atoms with E-state index in [1.165, 1.54) is 4.88 Å². The second kappa shape index (κ2) is 5.08. The predicted octanol–water partition coefficient (Wildman–Crippen LogP) is 3.63. The van der Waals surface area contributed by atoms with Gasteiger partial charge in [-0.05, 0) is 12.6 Å². The highest BCUT2D eigenvalue weighted by atomic mass is 79.9. The van der Waals surface area contributed by atoms with E-state index in [1.54, 1.807) is 11.3 Å². The summed E-state index contributed by atoms with van der Waals surface area (Å²) in [5.41, 5.74) is 6.79. The molecule has 0 spiro atoms. The van der Waals surface area contributed by atoms with Crippen molar-refractivity contribution in [2.24, 2.45) is 5.73 Å². The molecule has 2 rings (SSSR count). The number of thiazole rings is 1. The molecule has 0 fully saturated rings. The normalized spacial score (nSPS) is 12.7. The Bertz CT molecular complexity index is 481. The van der Waals surface area contributed by atoms with Gasteiger partial charge in [0.25, 0.3) is 0 Å². The van der Waals surface area contributed by atoms with E-state index in [0.29, 0.717) is 12.5 Å². The zero-order valence-corrected chi connectivity index (χ0v) is 11.4. The molecule has 0 radical (unpaired) electrons. The molecule has 1 aromatic heterocycles. The van der Waals surface area contributed by atoms with E-state index in [2.05, 4.69) is 33.9 Å². The van der Waals surface area contributed by atoms with E-state index in [0.717, 1.165) is 15.0 Å². The topological polar surface area (TPSA) is 38.9 Å². The van der Waals surface area contributed by atoms with Crippen molar-refractivity contribution in [1.82, 2.24) is 4.98 Å². The van der Waals surface area contributed by atoms with E-state index in [-0.39, 0.29) is 0 Å². The van der Waals surface area contributed by atoms with Crippen molar-refractivity contribution in [3.8, 4) is 10.6 Å². The van der Waals surface area contributed by atoms with Crippen LogP contribution in [0, 0.1) is 0 Å². The Morgan fingerprint density at radius 3 is 2.88 bits per heavy atom. The first kappa shape index (κ1) is 11.8. The Labute approximate surface area is 108 Å². The molecule has 1 aromatic carbocycles. The fourth-order valence-electron chi connectivity index (χ4n) is 1.39. The number of hydrogen-bond acceptors (Lipinski definition) is 3. The molecule has 0 saturated heterocycles. The third-order valence-corrected chi connectivity index (χ3v) is 4.42. The molecular formula is C12H13BrN2S. The van der Waals surface area contributed by atoms with Crippen molar-refractivity contribution in [1.29, 1.82) is 0 Å². The van der Waals surface area contributed by atoms with E-state index in [9.17, 15) is 0 Å². The summed E-state index contributed by atoms with van der Waals surface area (Å²) in [4.78, 5) is 5.69. The highest BCUT2D eigenvalue weighted by Crippen LogP contribution is 2.33. The number of hydrogen-bond donors (Lipinski definition) is 1. The van der Waals surface area contributed by atoms with Crippen LogP contribution >= 0.6 is 27.3 Å². The summed E-state index contributed by atoms with van der Waals surface area (Å²) in [6.07, 6.45) is 1.93. The molecule has 2 N–H and O–H groups in total. The molecule has 1 atom stereocenters. The number of halogens is 1. The van der Waals surface area contributed by atoms with Gasteiger partial charge >= 0.3 is 0 Å². The molecule has 0 aliphatic carbocycles. The standard InChI is InChI=1S/C12H13BrN2S/c1-8(6-14)11-7-15-12(16-11)9-4-2-3-5-10(9)13/h2-5,7-8H,6,14H2,1H3. The van der Waals surface area contributed by atoms with Crippen molar-refractivity contribution in [2.75, 3.05) is 6.54 Å². The fraction of sp³-hybridized carbons (Fsp3) is 0.250. The van der Waals surface area contributed by atoms with Gasteiger partial charge in [-0.1, -0.05) is 41.1 Å². The summed E-state index contributed by atoms with van der Waals surface area (Å²) in [5.74, 6) is 0.383. The van der Waals surface area contributed by atoms with E-state index >= 15 is 0 Å². The molecule has 84 valence electrons. The Balaban J connectivity index is 2.35. The fourth-order valence-corrected chi connectivity index (χ4v) is 3.01. The second-order valence-electron chi connectivity index (χ2n) is 3.68. The Kier molecular flexibility index (Phi) is 3.74. The van der Waals surface area contributed by atoms with Gasteiger partial charge in [-0.2, -0.15) is 0 Å². The highest BCUT2D eigenvalue weighted by Gasteiger charge is 2.11.